The number of carbonyl (C=O) groups excluding carboxylic acids is 1. The fraction of sp³-hybridized carbons (Fsp3) is 0.500. The fourth-order valence-electron chi connectivity index (χ4n) is 4.49. The Morgan fingerprint density at radius 3 is 2.62 bits per heavy atom. The highest BCUT2D eigenvalue weighted by Crippen LogP contribution is 2.22. The van der Waals surface area contributed by atoms with E-state index in [0.717, 1.165) is 57.4 Å². The van der Waals surface area contributed by atoms with Crippen LogP contribution in [0.3, 0.4) is 0 Å². The molecule has 1 saturated carbocycles. The molecule has 2 fully saturated rings. The third kappa shape index (κ3) is 4.53. The Kier molecular flexibility index (Phi) is 6.56. The summed E-state index contributed by atoms with van der Waals surface area (Å²) in [5.41, 5.74) is 1.44. The first-order valence-corrected chi connectivity index (χ1v) is 11.4. The van der Waals surface area contributed by atoms with Gasteiger partial charge in [-0.25, -0.2) is 4.98 Å². The van der Waals surface area contributed by atoms with Crippen LogP contribution >= 0.6 is 0 Å². The monoisotopic (exact) mass is 434 g/mol. The smallest absolute Gasteiger partial charge is 0.267 e. The minimum Gasteiger partial charge on any atom is -0.353 e. The summed E-state index contributed by atoms with van der Waals surface area (Å²) < 4.78 is 1.49. The number of likely N-dealkylation sites (N-methyl/N-ethyl adjacent to an activating group) is 1. The van der Waals surface area contributed by atoms with Crippen molar-refractivity contribution >= 4 is 23.4 Å². The number of aryl methyl sites for hydroxylation is 1. The first-order valence-electron chi connectivity index (χ1n) is 11.4. The van der Waals surface area contributed by atoms with E-state index in [2.05, 4.69) is 22.2 Å². The molecule has 1 N–H and O–H groups in total. The van der Waals surface area contributed by atoms with Gasteiger partial charge in [-0.15, -0.1) is 0 Å². The predicted octanol–water partition coefficient (Wildman–Crippen LogP) is 2.11. The number of anilines is 1. The Hall–Kier alpha value is -3.18. The van der Waals surface area contributed by atoms with Crippen LogP contribution in [0.4, 0.5) is 5.82 Å². The predicted molar refractivity (Wildman–Crippen MR) is 125 cm³/mol. The number of aromatic nitrogens is 2. The number of nitrogens with one attached hydrogen (secondary N) is 1. The number of rotatable bonds is 4. The summed E-state index contributed by atoms with van der Waals surface area (Å²) in [5.74, 6) is 0.119. The second kappa shape index (κ2) is 9.53. The molecule has 3 heterocycles. The zero-order valence-corrected chi connectivity index (χ0v) is 18.8. The van der Waals surface area contributed by atoms with Crippen molar-refractivity contribution in [2.24, 2.45) is 0 Å². The van der Waals surface area contributed by atoms with Crippen LogP contribution in [-0.2, 0) is 4.79 Å². The molecule has 168 valence electrons. The first-order chi connectivity index (χ1) is 15.5. The molecule has 8 heteroatoms. The van der Waals surface area contributed by atoms with Gasteiger partial charge in [0, 0.05) is 38.4 Å². The van der Waals surface area contributed by atoms with Gasteiger partial charge in [0.15, 0.2) is 0 Å². The van der Waals surface area contributed by atoms with Crippen molar-refractivity contribution in [3.05, 3.63) is 45.4 Å². The Bertz CT molecular complexity index is 1130. The molecular formula is C24H30N6O2. The van der Waals surface area contributed by atoms with Gasteiger partial charge >= 0.3 is 0 Å². The van der Waals surface area contributed by atoms with Crippen molar-refractivity contribution in [2.45, 2.75) is 45.1 Å². The average molecular weight is 435 g/mol. The van der Waals surface area contributed by atoms with Gasteiger partial charge in [0.1, 0.15) is 23.1 Å². The highest BCUT2D eigenvalue weighted by atomic mass is 16.2. The number of hydrogen-bond donors (Lipinski definition) is 1. The lowest BCUT2D eigenvalue weighted by Crippen LogP contribution is -2.45. The lowest BCUT2D eigenvalue weighted by Gasteiger charge is -2.34. The van der Waals surface area contributed by atoms with E-state index in [1.807, 2.05) is 19.1 Å². The van der Waals surface area contributed by atoms with E-state index in [4.69, 9.17) is 4.98 Å². The van der Waals surface area contributed by atoms with Gasteiger partial charge < -0.3 is 15.1 Å². The first kappa shape index (κ1) is 22.0. The molecular weight excluding hydrogens is 404 g/mol. The molecule has 1 amide bonds. The molecule has 2 aromatic heterocycles. The Balaban J connectivity index is 1.77. The van der Waals surface area contributed by atoms with Crippen LogP contribution in [0.25, 0.3) is 11.7 Å². The highest BCUT2D eigenvalue weighted by molar-refractivity contribution is 6.02. The van der Waals surface area contributed by atoms with Gasteiger partial charge in [-0.2, -0.15) is 5.26 Å². The van der Waals surface area contributed by atoms with Gasteiger partial charge in [0.2, 0.25) is 0 Å². The van der Waals surface area contributed by atoms with E-state index in [0.29, 0.717) is 11.5 Å². The van der Waals surface area contributed by atoms with E-state index >= 15 is 0 Å². The van der Waals surface area contributed by atoms with E-state index in [9.17, 15) is 14.9 Å². The maximum atomic E-state index is 13.5. The summed E-state index contributed by atoms with van der Waals surface area (Å²) in [6, 6.07) is 5.82. The summed E-state index contributed by atoms with van der Waals surface area (Å²) >= 11 is 0. The van der Waals surface area contributed by atoms with Gasteiger partial charge in [0.05, 0.1) is 5.56 Å². The number of amides is 1. The summed E-state index contributed by atoms with van der Waals surface area (Å²) in [4.78, 5) is 35.5. The summed E-state index contributed by atoms with van der Waals surface area (Å²) in [7, 11) is 2.06. The molecule has 4 rings (SSSR count). The molecule has 8 nitrogen and oxygen atoms in total. The van der Waals surface area contributed by atoms with Gasteiger partial charge in [0.25, 0.3) is 11.5 Å². The lowest BCUT2D eigenvalue weighted by atomic mass is 9.95. The maximum absolute atomic E-state index is 13.5. The number of fused-ring (bicyclic) bond motifs is 1. The topological polar surface area (TPSA) is 93.7 Å². The van der Waals surface area contributed by atoms with Crippen LogP contribution in [0.15, 0.2) is 28.7 Å². The highest BCUT2D eigenvalue weighted by Gasteiger charge is 2.24. The van der Waals surface area contributed by atoms with Crippen molar-refractivity contribution in [1.29, 1.82) is 5.26 Å². The lowest BCUT2D eigenvalue weighted by molar-refractivity contribution is -0.117. The summed E-state index contributed by atoms with van der Waals surface area (Å²) in [6.07, 6.45) is 8.30. The second-order valence-electron chi connectivity index (χ2n) is 8.81. The third-order valence-corrected chi connectivity index (χ3v) is 6.46. The third-order valence-electron chi connectivity index (χ3n) is 6.46. The molecule has 0 radical (unpaired) electrons. The maximum Gasteiger partial charge on any atom is 0.267 e. The molecule has 0 atom stereocenters. The molecule has 2 aliphatic rings. The van der Waals surface area contributed by atoms with Crippen molar-refractivity contribution in [2.75, 3.05) is 38.1 Å². The quantitative estimate of drug-likeness (QED) is 0.585. The number of carbonyl (C=O) groups is 1. The molecule has 2 aromatic rings. The second-order valence-corrected chi connectivity index (χ2v) is 8.81. The number of pyridine rings is 1. The van der Waals surface area contributed by atoms with E-state index in [1.165, 1.54) is 16.9 Å². The standard InChI is InChI=1S/C24H30N6O2/c1-17-7-6-10-30-21(17)27-22(29-13-11-28(2)12-14-29)20(24(30)32)15-18(16-25)23(31)26-19-8-4-3-5-9-19/h6-7,10,15,19H,3-5,8-9,11-14H2,1-2H3,(H,26,31)/b18-15+. The molecule has 1 aliphatic carbocycles. The van der Waals surface area contributed by atoms with Gasteiger partial charge in [-0.3, -0.25) is 14.0 Å². The van der Waals surface area contributed by atoms with Gasteiger partial charge in [-0.1, -0.05) is 25.3 Å². The number of nitriles is 1. The molecule has 1 saturated heterocycles. The van der Waals surface area contributed by atoms with Crippen molar-refractivity contribution < 1.29 is 4.79 Å². The Morgan fingerprint density at radius 1 is 1.22 bits per heavy atom. The minimum absolute atomic E-state index is 0.0579. The normalized spacial score (nSPS) is 18.5. The van der Waals surface area contributed by atoms with E-state index in [1.54, 1.807) is 12.3 Å². The van der Waals surface area contributed by atoms with Crippen molar-refractivity contribution in [3.63, 3.8) is 0 Å². The Labute approximate surface area is 188 Å². The largest absolute Gasteiger partial charge is 0.353 e. The van der Waals surface area contributed by atoms with Crippen molar-refractivity contribution in [1.82, 2.24) is 19.6 Å². The number of hydrogen-bond acceptors (Lipinski definition) is 6. The zero-order chi connectivity index (χ0) is 22.7. The number of piperazine rings is 1. The fourth-order valence-corrected chi connectivity index (χ4v) is 4.49. The molecule has 1 aliphatic heterocycles. The van der Waals surface area contributed by atoms with Crippen LogP contribution in [0.1, 0.15) is 43.2 Å². The van der Waals surface area contributed by atoms with E-state index < -0.39 is 5.91 Å². The average Bonchev–Trinajstić information content (AvgIpc) is 2.80. The summed E-state index contributed by atoms with van der Waals surface area (Å²) in [6.45, 7) is 5.07. The van der Waals surface area contributed by atoms with Crippen LogP contribution in [0.2, 0.25) is 0 Å². The van der Waals surface area contributed by atoms with Crippen LogP contribution in [-0.4, -0.2) is 59.5 Å². The van der Waals surface area contributed by atoms with Crippen LogP contribution < -0.4 is 15.8 Å². The molecule has 0 unspecified atom stereocenters. The minimum atomic E-state index is -0.419. The molecule has 0 aromatic carbocycles. The van der Waals surface area contributed by atoms with Crippen LogP contribution in [0.5, 0.6) is 0 Å². The molecule has 0 spiro atoms. The zero-order valence-electron chi connectivity index (χ0n) is 18.8. The molecule has 0 bridgehead atoms. The van der Waals surface area contributed by atoms with Gasteiger partial charge in [-0.05, 0) is 44.5 Å². The Morgan fingerprint density at radius 2 is 1.94 bits per heavy atom. The summed E-state index contributed by atoms with van der Waals surface area (Å²) in [5, 5.41) is 12.7. The molecule has 32 heavy (non-hydrogen) atoms. The van der Waals surface area contributed by atoms with E-state index in [-0.39, 0.29) is 22.7 Å². The van der Waals surface area contributed by atoms with Crippen molar-refractivity contribution in [3.8, 4) is 6.07 Å². The number of nitrogens with zero attached hydrogens (tertiary/aromatic N) is 5. The SMILES string of the molecule is Cc1cccn2c(=O)c(/C=C(\C#N)C(=O)NC3CCCCC3)c(N3CCN(C)CC3)nc12. The van der Waals surface area contributed by atoms with Crippen LogP contribution in [0, 0.1) is 18.3 Å².